The van der Waals surface area contributed by atoms with Crippen molar-refractivity contribution in [3.8, 4) is 11.1 Å². The summed E-state index contributed by atoms with van der Waals surface area (Å²) in [6.07, 6.45) is 0. The molecule has 0 unspecified atom stereocenters. The van der Waals surface area contributed by atoms with E-state index in [4.69, 9.17) is 0 Å². The minimum absolute atomic E-state index is 0.912. The first-order chi connectivity index (χ1) is 9.42. The fraction of sp³-hybridized carbons (Fsp3) is 0.188. The molecule has 3 heteroatoms. The van der Waals surface area contributed by atoms with E-state index < -0.39 is 0 Å². The molecule has 1 aliphatic heterocycles. The molecule has 19 heavy (non-hydrogen) atoms. The number of nitrogens with zero attached hydrogens (tertiary/aromatic N) is 1. The second-order valence-corrected chi connectivity index (χ2v) is 5.43. The number of amidine groups is 1. The van der Waals surface area contributed by atoms with Gasteiger partial charge in [0.05, 0.1) is 6.54 Å². The van der Waals surface area contributed by atoms with Crippen molar-refractivity contribution in [2.45, 2.75) is 5.75 Å². The normalized spacial score (nSPS) is 14.0. The third kappa shape index (κ3) is 3.18. The van der Waals surface area contributed by atoms with Crippen LogP contribution in [0.1, 0.15) is 5.56 Å². The van der Waals surface area contributed by atoms with Crippen LogP contribution < -0.4 is 5.32 Å². The van der Waals surface area contributed by atoms with Crippen LogP contribution in [-0.2, 0) is 5.75 Å². The molecule has 2 nitrogen and oxygen atoms in total. The Hall–Kier alpha value is -1.74. The van der Waals surface area contributed by atoms with Gasteiger partial charge in [0.1, 0.15) is 0 Å². The molecular weight excluding hydrogens is 252 g/mol. The summed E-state index contributed by atoms with van der Waals surface area (Å²) in [4.78, 5) is 4.38. The minimum Gasteiger partial charge on any atom is -0.363 e. The molecule has 0 saturated carbocycles. The highest BCUT2D eigenvalue weighted by Gasteiger charge is 2.05. The molecule has 0 bridgehead atoms. The van der Waals surface area contributed by atoms with E-state index >= 15 is 0 Å². The van der Waals surface area contributed by atoms with E-state index in [1.165, 1.54) is 16.7 Å². The lowest BCUT2D eigenvalue weighted by atomic mass is 10.0. The predicted molar refractivity (Wildman–Crippen MR) is 83.5 cm³/mol. The fourth-order valence-electron chi connectivity index (χ4n) is 2.05. The smallest absolute Gasteiger partial charge is 0.157 e. The summed E-state index contributed by atoms with van der Waals surface area (Å²) in [6, 6.07) is 19.2. The Morgan fingerprint density at radius 2 is 1.68 bits per heavy atom. The van der Waals surface area contributed by atoms with Crippen LogP contribution in [-0.4, -0.2) is 18.3 Å². The number of thioether (sulfide) groups is 1. The lowest BCUT2D eigenvalue weighted by molar-refractivity contribution is 0.963. The summed E-state index contributed by atoms with van der Waals surface area (Å²) < 4.78 is 0. The van der Waals surface area contributed by atoms with Gasteiger partial charge < -0.3 is 5.32 Å². The zero-order valence-corrected chi connectivity index (χ0v) is 11.5. The van der Waals surface area contributed by atoms with E-state index in [9.17, 15) is 0 Å². The molecule has 1 heterocycles. The summed E-state index contributed by atoms with van der Waals surface area (Å²) in [7, 11) is 0. The van der Waals surface area contributed by atoms with E-state index in [0.29, 0.717) is 0 Å². The average molecular weight is 268 g/mol. The largest absolute Gasteiger partial charge is 0.363 e. The second kappa shape index (κ2) is 5.93. The third-order valence-corrected chi connectivity index (χ3v) is 4.10. The molecule has 0 fully saturated rings. The van der Waals surface area contributed by atoms with Crippen LogP contribution in [0, 0.1) is 0 Å². The second-order valence-electron chi connectivity index (χ2n) is 4.47. The van der Waals surface area contributed by atoms with Crippen LogP contribution in [0.2, 0.25) is 0 Å². The van der Waals surface area contributed by atoms with Gasteiger partial charge in [-0.15, -0.1) is 0 Å². The van der Waals surface area contributed by atoms with Gasteiger partial charge in [-0.2, -0.15) is 0 Å². The number of aliphatic imine (C=N–C) groups is 1. The molecule has 0 spiro atoms. The molecule has 0 aromatic heterocycles. The molecule has 96 valence electrons. The molecule has 0 atom stereocenters. The van der Waals surface area contributed by atoms with Gasteiger partial charge >= 0.3 is 0 Å². The van der Waals surface area contributed by atoms with Gasteiger partial charge in [-0.05, 0) is 16.7 Å². The van der Waals surface area contributed by atoms with E-state index in [1.54, 1.807) is 11.8 Å². The van der Waals surface area contributed by atoms with E-state index in [1.807, 2.05) is 6.07 Å². The Labute approximate surface area is 118 Å². The third-order valence-electron chi connectivity index (χ3n) is 3.08. The molecule has 2 aromatic carbocycles. The maximum Gasteiger partial charge on any atom is 0.157 e. The van der Waals surface area contributed by atoms with Crippen molar-refractivity contribution in [3.63, 3.8) is 0 Å². The zero-order chi connectivity index (χ0) is 12.9. The van der Waals surface area contributed by atoms with Crippen molar-refractivity contribution in [2.24, 2.45) is 4.99 Å². The highest BCUT2D eigenvalue weighted by molar-refractivity contribution is 8.13. The molecule has 3 rings (SSSR count). The van der Waals surface area contributed by atoms with Crippen LogP contribution in [0.25, 0.3) is 11.1 Å². The maximum absolute atomic E-state index is 4.38. The number of rotatable bonds is 3. The van der Waals surface area contributed by atoms with Crippen LogP contribution in [0.15, 0.2) is 59.6 Å². The molecular formula is C16H16N2S. The van der Waals surface area contributed by atoms with E-state index in [0.717, 1.165) is 24.0 Å². The summed E-state index contributed by atoms with van der Waals surface area (Å²) in [5, 5.41) is 4.35. The first-order valence-corrected chi connectivity index (χ1v) is 7.46. The van der Waals surface area contributed by atoms with Crippen molar-refractivity contribution in [1.29, 1.82) is 0 Å². The lowest BCUT2D eigenvalue weighted by Crippen LogP contribution is -2.14. The van der Waals surface area contributed by atoms with Crippen LogP contribution in [0.3, 0.4) is 0 Å². The van der Waals surface area contributed by atoms with Crippen LogP contribution >= 0.6 is 11.8 Å². The van der Waals surface area contributed by atoms with Crippen molar-refractivity contribution in [1.82, 2.24) is 5.32 Å². The molecule has 0 radical (unpaired) electrons. The average Bonchev–Trinajstić information content (AvgIpc) is 3.00. The summed E-state index contributed by atoms with van der Waals surface area (Å²) in [5.74, 6) is 0.973. The Morgan fingerprint density at radius 1 is 0.947 bits per heavy atom. The number of nitrogens with one attached hydrogen (secondary N) is 1. The first kappa shape index (κ1) is 12.3. The molecule has 2 aromatic rings. The van der Waals surface area contributed by atoms with Gasteiger partial charge in [0, 0.05) is 12.3 Å². The summed E-state index contributed by atoms with van der Waals surface area (Å²) >= 11 is 1.78. The van der Waals surface area contributed by atoms with Crippen molar-refractivity contribution >= 4 is 16.9 Å². The number of benzene rings is 2. The van der Waals surface area contributed by atoms with Crippen LogP contribution in [0.5, 0.6) is 0 Å². The first-order valence-electron chi connectivity index (χ1n) is 6.47. The van der Waals surface area contributed by atoms with Crippen molar-refractivity contribution < 1.29 is 0 Å². The molecule has 0 aliphatic carbocycles. The number of hydrogen-bond acceptors (Lipinski definition) is 3. The molecule has 0 saturated heterocycles. The highest BCUT2D eigenvalue weighted by atomic mass is 32.2. The van der Waals surface area contributed by atoms with Gasteiger partial charge in [0.25, 0.3) is 0 Å². The molecule has 1 aliphatic rings. The van der Waals surface area contributed by atoms with Crippen molar-refractivity contribution in [2.75, 3.05) is 13.1 Å². The minimum atomic E-state index is 0.912. The Bertz CT molecular complexity index is 561. The topological polar surface area (TPSA) is 24.4 Å². The zero-order valence-electron chi connectivity index (χ0n) is 10.7. The Balaban J connectivity index is 1.65. The Morgan fingerprint density at radius 3 is 2.37 bits per heavy atom. The number of hydrogen-bond donors (Lipinski definition) is 1. The highest BCUT2D eigenvalue weighted by Crippen LogP contribution is 2.21. The maximum atomic E-state index is 4.38. The predicted octanol–water partition coefficient (Wildman–Crippen LogP) is 3.55. The molecule has 1 N–H and O–H groups in total. The van der Waals surface area contributed by atoms with Gasteiger partial charge in [0.2, 0.25) is 0 Å². The fourth-order valence-corrected chi connectivity index (χ4v) is 2.93. The summed E-state index contributed by atoms with van der Waals surface area (Å²) in [6.45, 7) is 1.89. The van der Waals surface area contributed by atoms with E-state index in [-0.39, 0.29) is 0 Å². The molecule has 0 amide bonds. The van der Waals surface area contributed by atoms with Gasteiger partial charge in [-0.3, -0.25) is 4.99 Å². The summed E-state index contributed by atoms with van der Waals surface area (Å²) in [5.41, 5.74) is 3.87. The standard InChI is InChI=1S/C16H16N2S/c1-2-4-14(5-3-1)15-8-6-13(7-9-15)12-19-16-17-10-11-18-16/h1-9H,10-12H2,(H,17,18). The van der Waals surface area contributed by atoms with Crippen LogP contribution in [0.4, 0.5) is 0 Å². The van der Waals surface area contributed by atoms with Gasteiger partial charge in [-0.25, -0.2) is 0 Å². The quantitative estimate of drug-likeness (QED) is 0.920. The van der Waals surface area contributed by atoms with Gasteiger partial charge in [-0.1, -0.05) is 66.4 Å². The van der Waals surface area contributed by atoms with Crippen molar-refractivity contribution in [3.05, 3.63) is 60.2 Å². The monoisotopic (exact) mass is 268 g/mol. The SMILES string of the molecule is c1ccc(-c2ccc(CSC3=NCCN3)cc2)cc1. The van der Waals surface area contributed by atoms with Gasteiger partial charge in [0.15, 0.2) is 5.17 Å². The lowest BCUT2D eigenvalue weighted by Gasteiger charge is -2.05. The van der Waals surface area contributed by atoms with E-state index in [2.05, 4.69) is 58.8 Å². The Kier molecular flexibility index (Phi) is 3.84.